The second-order valence-corrected chi connectivity index (χ2v) is 5.91. The van der Waals surface area contributed by atoms with Crippen LogP contribution in [-0.4, -0.2) is 29.4 Å². The first-order chi connectivity index (χ1) is 7.91. The molecule has 1 heterocycles. The topological polar surface area (TPSA) is 40.5 Å². The van der Waals surface area contributed by atoms with Gasteiger partial charge >= 0.3 is 5.97 Å². The van der Waals surface area contributed by atoms with Gasteiger partial charge in [0.2, 0.25) is 0 Å². The first kappa shape index (κ1) is 12.6. The zero-order valence-corrected chi connectivity index (χ0v) is 11.5. The molecule has 2 unspecified atom stereocenters. The number of hydrogen-bond acceptors (Lipinski definition) is 3. The predicted molar refractivity (Wildman–Crippen MR) is 71.3 cm³/mol. The van der Waals surface area contributed by atoms with E-state index in [9.17, 15) is 9.90 Å². The average molecular weight is 272 g/mol. The van der Waals surface area contributed by atoms with Crippen molar-refractivity contribution < 1.29 is 9.90 Å². The number of nitrogens with zero attached hydrogens (tertiary/aromatic N) is 1. The highest BCUT2D eigenvalue weighted by Crippen LogP contribution is 2.45. The number of halogens is 1. The van der Waals surface area contributed by atoms with Gasteiger partial charge in [0, 0.05) is 18.0 Å². The van der Waals surface area contributed by atoms with Crippen molar-refractivity contribution in [2.45, 2.75) is 30.0 Å². The lowest BCUT2D eigenvalue weighted by Gasteiger charge is -2.38. The Morgan fingerprint density at radius 2 is 2.18 bits per heavy atom. The van der Waals surface area contributed by atoms with Gasteiger partial charge in [0.25, 0.3) is 0 Å². The van der Waals surface area contributed by atoms with Crippen LogP contribution < -0.4 is 4.90 Å². The Hall–Kier alpha value is -0.870. The number of fused-ring (bicyclic) bond motifs is 1. The molecular formula is C12H14ClNO2S. The van der Waals surface area contributed by atoms with Crippen LogP contribution in [0, 0.1) is 6.92 Å². The molecule has 5 heteroatoms. The molecule has 2 rings (SSSR count). The van der Waals surface area contributed by atoms with Crippen LogP contribution in [-0.2, 0) is 4.79 Å². The van der Waals surface area contributed by atoms with Crippen molar-refractivity contribution >= 4 is 35.0 Å². The van der Waals surface area contributed by atoms with Gasteiger partial charge in [0.15, 0.2) is 0 Å². The van der Waals surface area contributed by atoms with E-state index >= 15 is 0 Å². The Labute approximate surface area is 110 Å². The number of aliphatic carboxylic acids is 1. The van der Waals surface area contributed by atoms with E-state index in [4.69, 9.17) is 11.6 Å². The predicted octanol–water partition coefficient (Wildman–Crippen LogP) is 3.03. The minimum Gasteiger partial charge on any atom is -0.480 e. The van der Waals surface area contributed by atoms with Gasteiger partial charge in [-0.2, -0.15) is 0 Å². The average Bonchev–Trinajstić information content (AvgIpc) is 2.21. The molecule has 1 aromatic carbocycles. The third-order valence-corrected chi connectivity index (χ3v) is 4.77. The zero-order valence-electron chi connectivity index (χ0n) is 9.90. The number of thioether (sulfide) groups is 1. The molecule has 0 aromatic heterocycles. The molecule has 0 spiro atoms. The maximum absolute atomic E-state index is 11.2. The van der Waals surface area contributed by atoms with E-state index in [1.54, 1.807) is 0 Å². The molecule has 1 aliphatic heterocycles. The van der Waals surface area contributed by atoms with Gasteiger partial charge in [0.1, 0.15) is 5.25 Å². The van der Waals surface area contributed by atoms with Crippen LogP contribution in [0.2, 0.25) is 5.02 Å². The van der Waals surface area contributed by atoms with Gasteiger partial charge in [-0.3, -0.25) is 4.79 Å². The van der Waals surface area contributed by atoms with Crippen molar-refractivity contribution in [1.29, 1.82) is 0 Å². The lowest BCUT2D eigenvalue weighted by molar-refractivity contribution is -0.136. The lowest BCUT2D eigenvalue weighted by Crippen LogP contribution is -2.44. The first-order valence-corrected chi connectivity index (χ1v) is 6.60. The van der Waals surface area contributed by atoms with E-state index in [0.29, 0.717) is 5.02 Å². The highest BCUT2D eigenvalue weighted by atomic mass is 35.5. The van der Waals surface area contributed by atoms with Crippen LogP contribution in [0.4, 0.5) is 5.69 Å². The van der Waals surface area contributed by atoms with E-state index in [0.717, 1.165) is 16.1 Å². The van der Waals surface area contributed by atoms with E-state index < -0.39 is 11.2 Å². The molecule has 0 saturated heterocycles. The molecule has 3 nitrogen and oxygen atoms in total. The third-order valence-electron chi connectivity index (χ3n) is 3.07. The molecule has 0 radical (unpaired) electrons. The SMILES string of the molecule is Cc1cc(Cl)c2c(c1)SC(C(=O)O)C(C)N2C. The molecule has 1 aromatic rings. The number of carboxylic acid groups (broad SMARTS) is 1. The van der Waals surface area contributed by atoms with Crippen molar-refractivity contribution in [2.24, 2.45) is 0 Å². The van der Waals surface area contributed by atoms with Gasteiger partial charge in [-0.1, -0.05) is 11.6 Å². The summed E-state index contributed by atoms with van der Waals surface area (Å²) in [6.07, 6.45) is 0. The Morgan fingerprint density at radius 3 is 2.76 bits per heavy atom. The fourth-order valence-electron chi connectivity index (χ4n) is 2.03. The number of carboxylic acids is 1. The number of rotatable bonds is 1. The molecule has 0 fully saturated rings. The first-order valence-electron chi connectivity index (χ1n) is 5.34. The fourth-order valence-corrected chi connectivity index (χ4v) is 3.87. The van der Waals surface area contributed by atoms with Crippen LogP contribution in [0.1, 0.15) is 12.5 Å². The van der Waals surface area contributed by atoms with Crippen molar-refractivity contribution in [2.75, 3.05) is 11.9 Å². The second kappa shape index (κ2) is 4.42. The van der Waals surface area contributed by atoms with Crippen LogP contribution in [0.25, 0.3) is 0 Å². The Morgan fingerprint density at radius 1 is 1.53 bits per heavy atom. The Kier molecular flexibility index (Phi) is 3.27. The van der Waals surface area contributed by atoms with Crippen molar-refractivity contribution in [3.63, 3.8) is 0 Å². The largest absolute Gasteiger partial charge is 0.480 e. The molecule has 0 amide bonds. The molecule has 2 atom stereocenters. The smallest absolute Gasteiger partial charge is 0.319 e. The lowest BCUT2D eigenvalue weighted by atomic mass is 10.1. The molecule has 17 heavy (non-hydrogen) atoms. The van der Waals surface area contributed by atoms with Gasteiger partial charge in [-0.25, -0.2) is 0 Å². The number of hydrogen-bond donors (Lipinski definition) is 1. The van der Waals surface area contributed by atoms with E-state index in [-0.39, 0.29) is 6.04 Å². The number of benzene rings is 1. The normalized spacial score (nSPS) is 23.4. The molecule has 1 aliphatic rings. The Bertz CT molecular complexity index is 478. The van der Waals surface area contributed by atoms with E-state index in [1.165, 1.54) is 11.8 Å². The zero-order chi connectivity index (χ0) is 12.7. The highest BCUT2D eigenvalue weighted by molar-refractivity contribution is 8.01. The molecule has 0 aliphatic carbocycles. The maximum Gasteiger partial charge on any atom is 0.319 e. The minimum absolute atomic E-state index is 0.0785. The molecule has 92 valence electrons. The number of carbonyl (C=O) groups is 1. The van der Waals surface area contributed by atoms with Crippen molar-refractivity contribution in [1.82, 2.24) is 0 Å². The quantitative estimate of drug-likeness (QED) is 0.852. The van der Waals surface area contributed by atoms with Gasteiger partial charge < -0.3 is 10.0 Å². The summed E-state index contributed by atoms with van der Waals surface area (Å²) in [6.45, 7) is 3.87. The number of anilines is 1. The molecule has 1 N–H and O–H groups in total. The van der Waals surface area contributed by atoms with Crippen molar-refractivity contribution in [3.05, 3.63) is 22.7 Å². The maximum atomic E-state index is 11.2. The standard InChI is InChI=1S/C12H14ClNO2S/c1-6-4-8(13)10-9(5-6)17-11(12(15)16)7(2)14(10)3/h4-5,7,11H,1-3H3,(H,15,16). The third kappa shape index (κ3) is 2.11. The van der Waals surface area contributed by atoms with Gasteiger partial charge in [-0.05, 0) is 31.5 Å². The molecular weight excluding hydrogens is 258 g/mol. The summed E-state index contributed by atoms with van der Waals surface area (Å²) in [5, 5.41) is 9.44. The number of aryl methyl sites for hydroxylation is 1. The Balaban J connectivity index is 2.52. The fraction of sp³-hybridized carbons (Fsp3) is 0.417. The summed E-state index contributed by atoms with van der Waals surface area (Å²) in [7, 11) is 1.89. The second-order valence-electron chi connectivity index (χ2n) is 4.32. The summed E-state index contributed by atoms with van der Waals surface area (Å²) in [4.78, 5) is 14.1. The van der Waals surface area contributed by atoms with E-state index in [2.05, 4.69) is 0 Å². The van der Waals surface area contributed by atoms with Crippen LogP contribution in [0.5, 0.6) is 0 Å². The van der Waals surface area contributed by atoms with E-state index in [1.807, 2.05) is 37.9 Å². The van der Waals surface area contributed by atoms with Gasteiger partial charge in [-0.15, -0.1) is 11.8 Å². The van der Waals surface area contributed by atoms with Crippen LogP contribution >= 0.6 is 23.4 Å². The summed E-state index contributed by atoms with van der Waals surface area (Å²) in [5.74, 6) is -0.780. The summed E-state index contributed by atoms with van der Waals surface area (Å²) < 4.78 is 0. The molecule has 0 saturated carbocycles. The summed E-state index contributed by atoms with van der Waals surface area (Å²) in [5.41, 5.74) is 1.99. The molecule has 0 bridgehead atoms. The summed E-state index contributed by atoms with van der Waals surface area (Å²) >= 11 is 7.61. The van der Waals surface area contributed by atoms with Crippen molar-refractivity contribution in [3.8, 4) is 0 Å². The van der Waals surface area contributed by atoms with Gasteiger partial charge in [0.05, 0.1) is 10.7 Å². The monoisotopic (exact) mass is 271 g/mol. The van der Waals surface area contributed by atoms with Crippen LogP contribution in [0.15, 0.2) is 17.0 Å². The van der Waals surface area contributed by atoms with Crippen LogP contribution in [0.3, 0.4) is 0 Å². The highest BCUT2D eigenvalue weighted by Gasteiger charge is 2.35. The summed E-state index contributed by atoms with van der Waals surface area (Å²) in [6, 6.07) is 3.82. The minimum atomic E-state index is -0.780.